The predicted octanol–water partition coefficient (Wildman–Crippen LogP) is 5.53. The molecule has 174 valence electrons. The average molecular weight is 447 g/mol. The first-order valence-electron chi connectivity index (χ1n) is 12.0. The molecule has 0 atom stereocenters. The van der Waals surface area contributed by atoms with E-state index in [1.54, 1.807) is 0 Å². The Morgan fingerprint density at radius 3 is 1.48 bits per heavy atom. The topological polar surface area (TPSA) is 58.5 Å². The first-order chi connectivity index (χ1) is 15.8. The SMILES string of the molecule is Cc1cc2nc(CN3CCCN(Cc4nc5cc(C)c(C)c(C)c5o4)CC3)oc2c(C)c1C. The van der Waals surface area contributed by atoms with Crippen molar-refractivity contribution in [2.24, 2.45) is 0 Å². The van der Waals surface area contributed by atoms with Crippen LogP contribution in [0.2, 0.25) is 0 Å². The standard InChI is InChI=1S/C27H34N4O2/c1-16-12-22-26(20(5)18(16)3)32-24(28-22)14-30-8-7-9-31(11-10-30)15-25-29-23-13-17(2)19(4)21(6)27(23)33-25/h12-13H,7-11,14-15H2,1-6H3. The summed E-state index contributed by atoms with van der Waals surface area (Å²) in [5.74, 6) is 1.62. The summed E-state index contributed by atoms with van der Waals surface area (Å²) in [4.78, 5) is 14.5. The lowest BCUT2D eigenvalue weighted by atomic mass is 10.0. The first kappa shape index (κ1) is 22.1. The lowest BCUT2D eigenvalue weighted by Gasteiger charge is -2.19. The predicted molar refractivity (Wildman–Crippen MR) is 132 cm³/mol. The number of fused-ring (bicyclic) bond motifs is 2. The molecule has 1 fully saturated rings. The van der Waals surface area contributed by atoms with E-state index in [4.69, 9.17) is 18.8 Å². The van der Waals surface area contributed by atoms with E-state index < -0.39 is 0 Å². The normalized spacial score (nSPS) is 16.2. The van der Waals surface area contributed by atoms with Crippen LogP contribution in [0.1, 0.15) is 51.6 Å². The molecule has 0 N–H and O–H groups in total. The quantitative estimate of drug-likeness (QED) is 0.411. The van der Waals surface area contributed by atoms with Gasteiger partial charge in [-0.2, -0.15) is 0 Å². The van der Waals surface area contributed by atoms with Gasteiger partial charge in [-0.3, -0.25) is 9.80 Å². The summed E-state index contributed by atoms with van der Waals surface area (Å²) in [6.45, 7) is 18.4. The maximum Gasteiger partial charge on any atom is 0.209 e. The van der Waals surface area contributed by atoms with Gasteiger partial charge in [-0.1, -0.05) is 0 Å². The highest BCUT2D eigenvalue weighted by atomic mass is 16.4. The molecule has 1 aliphatic heterocycles. The van der Waals surface area contributed by atoms with Gasteiger partial charge < -0.3 is 8.83 Å². The molecule has 0 spiro atoms. The highest BCUT2D eigenvalue weighted by molar-refractivity contribution is 5.79. The van der Waals surface area contributed by atoms with Crippen LogP contribution < -0.4 is 0 Å². The summed E-state index contributed by atoms with van der Waals surface area (Å²) in [7, 11) is 0. The monoisotopic (exact) mass is 446 g/mol. The molecular formula is C27H34N4O2. The van der Waals surface area contributed by atoms with Gasteiger partial charge in [0.1, 0.15) is 11.0 Å². The van der Waals surface area contributed by atoms with E-state index in [1.165, 1.54) is 33.4 Å². The molecule has 0 radical (unpaired) electrons. The smallest absolute Gasteiger partial charge is 0.209 e. The minimum Gasteiger partial charge on any atom is -0.439 e. The van der Waals surface area contributed by atoms with Crippen molar-refractivity contribution in [1.82, 2.24) is 19.8 Å². The van der Waals surface area contributed by atoms with E-state index in [0.717, 1.165) is 79.7 Å². The maximum atomic E-state index is 6.17. The van der Waals surface area contributed by atoms with Gasteiger partial charge in [0, 0.05) is 13.1 Å². The van der Waals surface area contributed by atoms with E-state index >= 15 is 0 Å². The van der Waals surface area contributed by atoms with Gasteiger partial charge in [-0.25, -0.2) is 9.97 Å². The Kier molecular flexibility index (Phi) is 5.75. The summed E-state index contributed by atoms with van der Waals surface area (Å²) >= 11 is 0. The van der Waals surface area contributed by atoms with E-state index in [0.29, 0.717) is 0 Å². The van der Waals surface area contributed by atoms with E-state index in [1.807, 2.05) is 0 Å². The van der Waals surface area contributed by atoms with E-state index in [2.05, 4.69) is 63.5 Å². The Labute approximate surface area is 195 Å². The van der Waals surface area contributed by atoms with Crippen LogP contribution in [-0.4, -0.2) is 45.9 Å². The third kappa shape index (κ3) is 4.18. The molecule has 33 heavy (non-hydrogen) atoms. The second-order valence-electron chi connectivity index (χ2n) is 9.70. The summed E-state index contributed by atoms with van der Waals surface area (Å²) in [6.07, 6.45) is 1.11. The number of aromatic nitrogens is 2. The van der Waals surface area contributed by atoms with Crippen molar-refractivity contribution in [2.75, 3.05) is 26.2 Å². The third-order valence-electron chi connectivity index (χ3n) is 7.49. The van der Waals surface area contributed by atoms with Crippen LogP contribution in [0.3, 0.4) is 0 Å². The number of oxazole rings is 2. The fourth-order valence-corrected chi connectivity index (χ4v) is 4.91. The summed E-state index contributed by atoms with van der Waals surface area (Å²) in [6, 6.07) is 4.28. The van der Waals surface area contributed by atoms with Crippen molar-refractivity contribution >= 4 is 22.2 Å². The highest BCUT2D eigenvalue weighted by Gasteiger charge is 2.20. The van der Waals surface area contributed by atoms with Crippen molar-refractivity contribution in [3.05, 3.63) is 57.3 Å². The molecule has 0 bridgehead atoms. The molecular weight excluding hydrogens is 412 g/mol. The van der Waals surface area contributed by atoms with Gasteiger partial charge in [0.15, 0.2) is 11.2 Å². The number of hydrogen-bond donors (Lipinski definition) is 0. The number of benzene rings is 2. The Hall–Kier alpha value is -2.70. The number of rotatable bonds is 4. The molecule has 0 amide bonds. The van der Waals surface area contributed by atoms with Crippen LogP contribution in [-0.2, 0) is 13.1 Å². The fraction of sp³-hybridized carbons (Fsp3) is 0.481. The van der Waals surface area contributed by atoms with Crippen molar-refractivity contribution in [1.29, 1.82) is 0 Å². The van der Waals surface area contributed by atoms with Gasteiger partial charge in [0.2, 0.25) is 11.8 Å². The van der Waals surface area contributed by atoms with Gasteiger partial charge in [-0.05, 0) is 107 Å². The molecule has 2 aromatic heterocycles. The van der Waals surface area contributed by atoms with Crippen LogP contribution in [0, 0.1) is 41.5 Å². The highest BCUT2D eigenvalue weighted by Crippen LogP contribution is 2.27. The van der Waals surface area contributed by atoms with Crippen LogP contribution in [0.25, 0.3) is 22.2 Å². The molecule has 0 unspecified atom stereocenters. The Balaban J connectivity index is 1.26. The molecule has 0 aliphatic carbocycles. The lowest BCUT2D eigenvalue weighted by molar-refractivity contribution is 0.223. The van der Waals surface area contributed by atoms with Crippen LogP contribution >= 0.6 is 0 Å². The Bertz CT molecular complexity index is 1230. The summed E-state index contributed by atoms with van der Waals surface area (Å²) in [5.41, 5.74) is 11.3. The molecule has 5 rings (SSSR count). The van der Waals surface area contributed by atoms with E-state index in [9.17, 15) is 0 Å². The zero-order valence-corrected chi connectivity index (χ0v) is 20.7. The van der Waals surface area contributed by atoms with Crippen molar-refractivity contribution in [2.45, 2.75) is 61.1 Å². The number of nitrogens with zero attached hydrogens (tertiary/aromatic N) is 4. The van der Waals surface area contributed by atoms with Crippen LogP contribution in [0.5, 0.6) is 0 Å². The van der Waals surface area contributed by atoms with Gasteiger partial charge >= 0.3 is 0 Å². The number of hydrogen-bond acceptors (Lipinski definition) is 6. The Morgan fingerprint density at radius 1 is 0.636 bits per heavy atom. The largest absolute Gasteiger partial charge is 0.439 e. The average Bonchev–Trinajstić information content (AvgIpc) is 3.29. The second-order valence-corrected chi connectivity index (χ2v) is 9.70. The first-order valence-corrected chi connectivity index (χ1v) is 12.0. The third-order valence-corrected chi connectivity index (χ3v) is 7.49. The maximum absolute atomic E-state index is 6.17. The fourth-order valence-electron chi connectivity index (χ4n) is 4.91. The van der Waals surface area contributed by atoms with Gasteiger partial charge in [0.05, 0.1) is 13.1 Å². The molecule has 1 aliphatic rings. The minimum atomic E-state index is 0.751. The number of aryl methyl sites for hydroxylation is 4. The van der Waals surface area contributed by atoms with Crippen LogP contribution in [0.15, 0.2) is 21.0 Å². The van der Waals surface area contributed by atoms with Crippen LogP contribution in [0.4, 0.5) is 0 Å². The lowest BCUT2D eigenvalue weighted by Crippen LogP contribution is -2.30. The molecule has 3 heterocycles. The Morgan fingerprint density at radius 2 is 1.06 bits per heavy atom. The minimum absolute atomic E-state index is 0.751. The zero-order valence-electron chi connectivity index (χ0n) is 20.7. The zero-order chi connectivity index (χ0) is 23.3. The molecule has 6 nitrogen and oxygen atoms in total. The molecule has 2 aromatic carbocycles. The summed E-state index contributed by atoms with van der Waals surface area (Å²) < 4.78 is 12.3. The molecule has 0 saturated carbocycles. The van der Waals surface area contributed by atoms with Crippen molar-refractivity contribution in [3.63, 3.8) is 0 Å². The van der Waals surface area contributed by atoms with Gasteiger partial charge in [-0.15, -0.1) is 0 Å². The molecule has 1 saturated heterocycles. The second kappa shape index (κ2) is 8.58. The van der Waals surface area contributed by atoms with Crippen molar-refractivity contribution < 1.29 is 8.83 Å². The molecule has 4 aromatic rings. The van der Waals surface area contributed by atoms with Crippen molar-refractivity contribution in [3.8, 4) is 0 Å². The van der Waals surface area contributed by atoms with Gasteiger partial charge in [0.25, 0.3) is 0 Å². The van der Waals surface area contributed by atoms with E-state index in [-0.39, 0.29) is 0 Å². The molecule has 6 heteroatoms. The summed E-state index contributed by atoms with van der Waals surface area (Å²) in [5, 5.41) is 0.